The van der Waals surface area contributed by atoms with Crippen LogP contribution in [0.5, 0.6) is 0 Å². The molecule has 0 bridgehead atoms. The second-order valence-electron chi connectivity index (χ2n) is 7.20. The summed E-state index contributed by atoms with van der Waals surface area (Å²) in [6, 6.07) is 2.00. The Balaban J connectivity index is 1.84. The van der Waals surface area contributed by atoms with Crippen molar-refractivity contribution in [3.63, 3.8) is 0 Å². The van der Waals surface area contributed by atoms with Crippen LogP contribution >= 0.6 is 0 Å². The van der Waals surface area contributed by atoms with Crippen molar-refractivity contribution in [3.8, 4) is 0 Å². The smallest absolute Gasteiger partial charge is 0.340 e. The van der Waals surface area contributed by atoms with Gasteiger partial charge in [-0.1, -0.05) is 0 Å². The van der Waals surface area contributed by atoms with Gasteiger partial charge < -0.3 is 18.5 Å². The number of aryl methyl sites for hydroxylation is 4. The molecule has 27 heavy (non-hydrogen) atoms. The fraction of sp³-hybridized carbons (Fsp3) is 0.429. The topological polar surface area (TPSA) is 72.9 Å². The highest BCUT2D eigenvalue weighted by Gasteiger charge is 2.23. The minimum absolute atomic E-state index is 0.0462. The molecule has 3 aromatic rings. The molecule has 6 heteroatoms. The fourth-order valence-electron chi connectivity index (χ4n) is 3.77. The normalized spacial score (nSPS) is 15.0. The van der Waals surface area contributed by atoms with Crippen LogP contribution in [-0.4, -0.2) is 37.1 Å². The minimum Gasteiger partial charge on any atom is -0.461 e. The number of ether oxygens (including phenoxy) is 1. The van der Waals surface area contributed by atoms with Crippen molar-refractivity contribution in [1.82, 2.24) is 4.90 Å². The number of morpholine rings is 1. The van der Waals surface area contributed by atoms with Gasteiger partial charge in [0.1, 0.15) is 16.9 Å². The molecule has 0 N–H and O–H groups in total. The molecule has 0 aliphatic carbocycles. The summed E-state index contributed by atoms with van der Waals surface area (Å²) in [6.45, 7) is 9.91. The van der Waals surface area contributed by atoms with Gasteiger partial charge in [-0.05, 0) is 44.9 Å². The van der Waals surface area contributed by atoms with E-state index in [1.165, 1.54) is 0 Å². The van der Waals surface area contributed by atoms with Crippen molar-refractivity contribution in [2.45, 2.75) is 34.1 Å². The van der Waals surface area contributed by atoms with Crippen molar-refractivity contribution in [2.75, 3.05) is 26.3 Å². The Labute approximate surface area is 156 Å². The van der Waals surface area contributed by atoms with Gasteiger partial charge in [0.25, 0.3) is 0 Å². The van der Waals surface area contributed by atoms with Gasteiger partial charge in [-0.15, -0.1) is 0 Å². The number of carbonyl (C=O) groups is 1. The Bertz CT molecular complexity index is 1120. The third-order valence-electron chi connectivity index (χ3n) is 5.64. The number of amides is 1. The molecule has 4 rings (SSSR count). The molecule has 3 heterocycles. The van der Waals surface area contributed by atoms with E-state index in [1.807, 2.05) is 33.8 Å². The number of rotatable bonds is 2. The van der Waals surface area contributed by atoms with Crippen LogP contribution in [0.15, 0.2) is 19.7 Å². The van der Waals surface area contributed by atoms with Crippen LogP contribution in [0.1, 0.15) is 28.0 Å². The molecule has 1 aromatic carbocycles. The van der Waals surface area contributed by atoms with E-state index < -0.39 is 5.63 Å². The van der Waals surface area contributed by atoms with Crippen LogP contribution < -0.4 is 5.63 Å². The first-order valence-electron chi connectivity index (χ1n) is 9.19. The molecule has 1 aliphatic heterocycles. The SMILES string of the molecule is Cc1oc2c(C)c3oc(=O)c(CC(=O)N4CCOCC4)c(C)c3cc2c1C. The molecule has 142 valence electrons. The monoisotopic (exact) mass is 369 g/mol. The Morgan fingerprint density at radius 3 is 2.30 bits per heavy atom. The number of fused-ring (bicyclic) bond motifs is 2. The predicted octanol–water partition coefficient (Wildman–Crippen LogP) is 3.17. The maximum Gasteiger partial charge on any atom is 0.340 e. The minimum atomic E-state index is -0.455. The number of benzene rings is 1. The summed E-state index contributed by atoms with van der Waals surface area (Å²) in [5.41, 5.74) is 3.93. The summed E-state index contributed by atoms with van der Waals surface area (Å²) < 4.78 is 16.8. The Kier molecular flexibility index (Phi) is 4.30. The van der Waals surface area contributed by atoms with Crippen LogP contribution in [0.2, 0.25) is 0 Å². The van der Waals surface area contributed by atoms with E-state index in [-0.39, 0.29) is 12.3 Å². The van der Waals surface area contributed by atoms with Gasteiger partial charge in [0.15, 0.2) is 0 Å². The molecule has 0 radical (unpaired) electrons. The Morgan fingerprint density at radius 1 is 0.963 bits per heavy atom. The van der Waals surface area contributed by atoms with Gasteiger partial charge in [0.05, 0.1) is 25.2 Å². The molecule has 0 atom stereocenters. The second-order valence-corrected chi connectivity index (χ2v) is 7.20. The number of hydrogen-bond acceptors (Lipinski definition) is 5. The summed E-state index contributed by atoms with van der Waals surface area (Å²) in [6.07, 6.45) is 0.0462. The van der Waals surface area contributed by atoms with Gasteiger partial charge in [-0.25, -0.2) is 4.79 Å². The van der Waals surface area contributed by atoms with Crippen LogP contribution in [-0.2, 0) is 16.0 Å². The average Bonchev–Trinajstić information content (AvgIpc) is 2.95. The lowest BCUT2D eigenvalue weighted by Crippen LogP contribution is -2.42. The molecule has 0 spiro atoms. The lowest BCUT2D eigenvalue weighted by Gasteiger charge is -2.27. The summed E-state index contributed by atoms with van der Waals surface area (Å²) in [4.78, 5) is 27.0. The first-order valence-corrected chi connectivity index (χ1v) is 9.19. The molecule has 2 aromatic heterocycles. The third-order valence-corrected chi connectivity index (χ3v) is 5.64. The number of carbonyl (C=O) groups excluding carboxylic acids is 1. The zero-order valence-corrected chi connectivity index (χ0v) is 16.1. The van der Waals surface area contributed by atoms with E-state index in [2.05, 4.69) is 0 Å². The van der Waals surface area contributed by atoms with Crippen LogP contribution in [0.25, 0.3) is 21.9 Å². The van der Waals surface area contributed by atoms with E-state index in [9.17, 15) is 9.59 Å². The van der Waals surface area contributed by atoms with E-state index in [0.717, 1.165) is 38.8 Å². The largest absolute Gasteiger partial charge is 0.461 e. The Morgan fingerprint density at radius 2 is 1.59 bits per heavy atom. The maximum absolute atomic E-state index is 12.6. The summed E-state index contributed by atoms with van der Waals surface area (Å²) in [5.74, 6) is 0.785. The molecule has 6 nitrogen and oxygen atoms in total. The highest BCUT2D eigenvalue weighted by atomic mass is 16.5. The van der Waals surface area contributed by atoms with E-state index >= 15 is 0 Å². The molecule has 1 amide bonds. The van der Waals surface area contributed by atoms with Crippen molar-refractivity contribution in [3.05, 3.63) is 44.5 Å². The van der Waals surface area contributed by atoms with Crippen molar-refractivity contribution >= 4 is 27.8 Å². The zero-order chi connectivity index (χ0) is 19.3. The van der Waals surface area contributed by atoms with Crippen molar-refractivity contribution in [2.24, 2.45) is 0 Å². The van der Waals surface area contributed by atoms with Gasteiger partial charge in [0, 0.05) is 29.4 Å². The number of furan rings is 1. The quantitative estimate of drug-likeness (QED) is 0.649. The lowest BCUT2D eigenvalue weighted by molar-refractivity contribution is -0.134. The molecular formula is C21H23NO5. The van der Waals surface area contributed by atoms with Crippen molar-refractivity contribution < 1.29 is 18.4 Å². The van der Waals surface area contributed by atoms with Gasteiger partial charge in [-0.2, -0.15) is 0 Å². The maximum atomic E-state index is 12.6. The van der Waals surface area contributed by atoms with Gasteiger partial charge in [0.2, 0.25) is 5.91 Å². The first kappa shape index (κ1) is 17.8. The zero-order valence-electron chi connectivity index (χ0n) is 16.1. The van der Waals surface area contributed by atoms with Gasteiger partial charge in [-0.3, -0.25) is 4.79 Å². The molecule has 1 fully saturated rings. The van der Waals surface area contributed by atoms with Crippen LogP contribution in [0.4, 0.5) is 0 Å². The van der Waals surface area contributed by atoms with Crippen LogP contribution in [0, 0.1) is 27.7 Å². The second kappa shape index (κ2) is 6.53. The van der Waals surface area contributed by atoms with E-state index in [1.54, 1.807) is 4.90 Å². The van der Waals surface area contributed by atoms with E-state index in [4.69, 9.17) is 13.6 Å². The fourth-order valence-corrected chi connectivity index (χ4v) is 3.77. The molecule has 0 saturated carbocycles. The molecule has 1 aliphatic rings. The molecule has 0 unspecified atom stereocenters. The highest BCUT2D eigenvalue weighted by Crippen LogP contribution is 2.34. The lowest BCUT2D eigenvalue weighted by atomic mass is 9.98. The number of hydrogen-bond donors (Lipinski definition) is 0. The number of nitrogens with zero attached hydrogens (tertiary/aromatic N) is 1. The molecular weight excluding hydrogens is 346 g/mol. The van der Waals surface area contributed by atoms with Gasteiger partial charge >= 0.3 is 5.63 Å². The van der Waals surface area contributed by atoms with Crippen LogP contribution in [0.3, 0.4) is 0 Å². The van der Waals surface area contributed by atoms with E-state index in [0.29, 0.717) is 37.4 Å². The predicted molar refractivity (Wildman–Crippen MR) is 102 cm³/mol. The summed E-state index contributed by atoms with van der Waals surface area (Å²) >= 11 is 0. The molecule has 1 saturated heterocycles. The average molecular weight is 369 g/mol. The third kappa shape index (κ3) is 2.84. The first-order chi connectivity index (χ1) is 12.9. The highest BCUT2D eigenvalue weighted by molar-refractivity contribution is 6.00. The Hall–Kier alpha value is -2.60. The summed E-state index contributed by atoms with van der Waals surface area (Å²) in [7, 11) is 0. The standard InChI is InChI=1S/C21H23NO5/c1-11-14(4)26-19-13(3)20-16(9-15(11)19)12(2)17(21(24)27-20)10-18(23)22-5-7-25-8-6-22/h9H,5-8,10H2,1-4H3. The summed E-state index contributed by atoms with van der Waals surface area (Å²) in [5, 5.41) is 1.87. The van der Waals surface area contributed by atoms with Crippen molar-refractivity contribution in [1.29, 1.82) is 0 Å².